The first-order valence-electron chi connectivity index (χ1n) is 6.60. The van der Waals surface area contributed by atoms with Crippen LogP contribution in [0.3, 0.4) is 0 Å². The van der Waals surface area contributed by atoms with Crippen molar-refractivity contribution >= 4 is 23.2 Å². The molecule has 0 N–H and O–H groups in total. The topological polar surface area (TPSA) is 86.2 Å². The first-order chi connectivity index (χ1) is 10.5. The molecule has 0 bridgehead atoms. The summed E-state index contributed by atoms with van der Waals surface area (Å²) < 4.78 is 1.91. The van der Waals surface area contributed by atoms with Gasteiger partial charge in [0.2, 0.25) is 0 Å². The molecule has 0 aliphatic rings. The summed E-state index contributed by atoms with van der Waals surface area (Å²) in [5, 5.41) is 19.6. The molecule has 0 radical (unpaired) electrons. The van der Waals surface area contributed by atoms with Gasteiger partial charge in [-0.1, -0.05) is 23.9 Å². The summed E-state index contributed by atoms with van der Waals surface area (Å²) in [6.45, 7) is 3.91. The minimum Gasteiger partial charge on any atom is -0.259 e. The zero-order valence-electron chi connectivity index (χ0n) is 12.1. The molecule has 0 saturated carbocycles. The van der Waals surface area contributed by atoms with Gasteiger partial charge < -0.3 is 0 Å². The van der Waals surface area contributed by atoms with Gasteiger partial charge in [0.05, 0.1) is 4.92 Å². The van der Waals surface area contributed by atoms with Crippen molar-refractivity contribution in [2.24, 2.45) is 0 Å². The Bertz CT molecular complexity index is 844. The molecule has 3 rings (SSSR count). The predicted octanol–water partition coefficient (Wildman–Crippen LogP) is 2.94. The van der Waals surface area contributed by atoms with Gasteiger partial charge in [0, 0.05) is 29.3 Å². The number of hydrogen-bond donors (Lipinski definition) is 0. The van der Waals surface area contributed by atoms with E-state index in [1.807, 2.05) is 24.3 Å². The second-order valence-electron chi connectivity index (χ2n) is 4.87. The van der Waals surface area contributed by atoms with Crippen LogP contribution < -0.4 is 0 Å². The zero-order valence-corrected chi connectivity index (χ0v) is 12.9. The molecule has 8 heteroatoms. The van der Waals surface area contributed by atoms with Crippen molar-refractivity contribution in [3.8, 4) is 0 Å². The van der Waals surface area contributed by atoms with Gasteiger partial charge in [-0.25, -0.2) is 4.98 Å². The van der Waals surface area contributed by atoms with Crippen LogP contribution >= 0.6 is 11.8 Å². The van der Waals surface area contributed by atoms with Crippen LogP contribution in [0.4, 0.5) is 5.69 Å². The number of aryl methyl sites for hydroxylation is 2. The highest BCUT2D eigenvalue weighted by atomic mass is 32.2. The lowest BCUT2D eigenvalue weighted by atomic mass is 10.2. The molecule has 7 nitrogen and oxygen atoms in total. The van der Waals surface area contributed by atoms with Gasteiger partial charge in [-0.15, -0.1) is 10.2 Å². The molecular formula is C14H13N5O2S. The number of nitrogens with zero attached hydrogens (tertiary/aromatic N) is 5. The molecule has 1 aromatic carbocycles. The summed E-state index contributed by atoms with van der Waals surface area (Å²) in [6.07, 6.45) is 0. The highest BCUT2D eigenvalue weighted by molar-refractivity contribution is 7.98. The molecule has 0 aliphatic carbocycles. The Hall–Kier alpha value is -2.48. The van der Waals surface area contributed by atoms with Crippen LogP contribution in [-0.4, -0.2) is 24.5 Å². The van der Waals surface area contributed by atoms with E-state index in [0.717, 1.165) is 22.1 Å². The van der Waals surface area contributed by atoms with Crippen molar-refractivity contribution in [1.29, 1.82) is 0 Å². The number of benzene rings is 1. The van der Waals surface area contributed by atoms with Crippen molar-refractivity contribution in [2.75, 3.05) is 0 Å². The van der Waals surface area contributed by atoms with Gasteiger partial charge in [-0.3, -0.25) is 14.5 Å². The fraction of sp³-hybridized carbons (Fsp3) is 0.214. The maximum Gasteiger partial charge on any atom is 0.269 e. The fourth-order valence-electron chi connectivity index (χ4n) is 2.16. The summed E-state index contributed by atoms with van der Waals surface area (Å²) in [6, 6.07) is 8.50. The normalized spacial score (nSPS) is 11.0. The Kier molecular flexibility index (Phi) is 3.76. The van der Waals surface area contributed by atoms with Crippen LogP contribution in [-0.2, 0) is 5.75 Å². The second kappa shape index (κ2) is 5.72. The lowest BCUT2D eigenvalue weighted by Gasteiger charge is -2.04. The molecule has 2 aromatic heterocycles. The zero-order chi connectivity index (χ0) is 15.7. The maximum atomic E-state index is 10.6. The van der Waals surface area contributed by atoms with E-state index < -0.39 is 4.92 Å². The Balaban J connectivity index is 1.80. The van der Waals surface area contributed by atoms with E-state index in [1.165, 1.54) is 23.9 Å². The minimum atomic E-state index is -0.402. The summed E-state index contributed by atoms with van der Waals surface area (Å²) >= 11 is 1.52. The van der Waals surface area contributed by atoms with Gasteiger partial charge in [-0.2, -0.15) is 0 Å². The Morgan fingerprint density at radius 1 is 1.23 bits per heavy atom. The van der Waals surface area contributed by atoms with Gasteiger partial charge in [0.1, 0.15) is 0 Å². The fourth-order valence-corrected chi connectivity index (χ4v) is 3.10. The van der Waals surface area contributed by atoms with Crippen LogP contribution in [0.5, 0.6) is 0 Å². The lowest BCUT2D eigenvalue weighted by molar-refractivity contribution is -0.384. The molecule has 2 heterocycles. The monoisotopic (exact) mass is 315 g/mol. The summed E-state index contributed by atoms with van der Waals surface area (Å²) in [7, 11) is 0. The summed E-state index contributed by atoms with van der Waals surface area (Å²) in [4.78, 5) is 14.6. The third-order valence-corrected chi connectivity index (χ3v) is 4.18. The number of fused-ring (bicyclic) bond motifs is 1. The Morgan fingerprint density at radius 2 is 1.95 bits per heavy atom. The Morgan fingerprint density at radius 3 is 2.64 bits per heavy atom. The molecule has 3 aromatic rings. The molecule has 0 fully saturated rings. The number of aromatic nitrogens is 4. The van der Waals surface area contributed by atoms with E-state index in [0.29, 0.717) is 11.5 Å². The van der Waals surface area contributed by atoms with Gasteiger partial charge in [0.15, 0.2) is 5.16 Å². The predicted molar refractivity (Wildman–Crippen MR) is 82.9 cm³/mol. The average Bonchev–Trinajstić information content (AvgIpc) is 2.88. The van der Waals surface area contributed by atoms with Gasteiger partial charge >= 0.3 is 0 Å². The maximum absolute atomic E-state index is 10.6. The Labute approximate surface area is 130 Å². The van der Waals surface area contributed by atoms with Crippen LogP contribution in [0.2, 0.25) is 0 Å². The highest BCUT2D eigenvalue weighted by Gasteiger charge is 2.11. The standard InChI is InChI=1S/C14H13N5O2S/c1-9-7-10(2)18-13(15-9)16-17-14(18)22-8-11-3-5-12(6-4-11)19(20)21/h3-7H,8H2,1-2H3. The van der Waals surface area contributed by atoms with Crippen molar-refractivity contribution < 1.29 is 4.92 Å². The van der Waals surface area contributed by atoms with Crippen LogP contribution in [0, 0.1) is 24.0 Å². The number of hydrogen-bond acceptors (Lipinski definition) is 6. The molecule has 0 saturated heterocycles. The van der Waals surface area contributed by atoms with Crippen molar-refractivity contribution in [2.45, 2.75) is 24.8 Å². The molecule has 0 unspecified atom stereocenters. The molecule has 112 valence electrons. The summed E-state index contributed by atoms with van der Waals surface area (Å²) in [5.41, 5.74) is 3.02. The smallest absolute Gasteiger partial charge is 0.259 e. The van der Waals surface area contributed by atoms with E-state index in [2.05, 4.69) is 15.2 Å². The van der Waals surface area contributed by atoms with Crippen molar-refractivity contribution in [3.63, 3.8) is 0 Å². The minimum absolute atomic E-state index is 0.0946. The SMILES string of the molecule is Cc1cc(C)n2c(SCc3ccc([N+](=O)[O-])cc3)nnc2n1. The molecule has 0 amide bonds. The number of thioether (sulfide) groups is 1. The van der Waals surface area contributed by atoms with E-state index in [-0.39, 0.29) is 5.69 Å². The quantitative estimate of drug-likeness (QED) is 0.418. The number of nitro groups is 1. The van der Waals surface area contributed by atoms with Gasteiger partial charge in [0.25, 0.3) is 11.5 Å². The molecule has 0 spiro atoms. The largest absolute Gasteiger partial charge is 0.269 e. The third kappa shape index (κ3) is 2.77. The van der Waals surface area contributed by atoms with Crippen LogP contribution in [0.15, 0.2) is 35.5 Å². The van der Waals surface area contributed by atoms with E-state index in [1.54, 1.807) is 12.1 Å². The van der Waals surface area contributed by atoms with Crippen molar-refractivity contribution in [3.05, 3.63) is 57.4 Å². The average molecular weight is 315 g/mol. The molecule has 0 aliphatic heterocycles. The second-order valence-corrected chi connectivity index (χ2v) is 5.81. The number of nitro benzene ring substituents is 1. The first-order valence-corrected chi connectivity index (χ1v) is 7.58. The van der Waals surface area contributed by atoms with Crippen LogP contribution in [0.1, 0.15) is 17.0 Å². The number of non-ortho nitro benzene ring substituents is 1. The lowest BCUT2D eigenvalue weighted by Crippen LogP contribution is -1.97. The van der Waals surface area contributed by atoms with E-state index in [4.69, 9.17) is 0 Å². The van der Waals surface area contributed by atoms with Gasteiger partial charge in [-0.05, 0) is 25.5 Å². The van der Waals surface area contributed by atoms with E-state index in [9.17, 15) is 10.1 Å². The summed E-state index contributed by atoms with van der Waals surface area (Å²) in [5.74, 6) is 1.25. The van der Waals surface area contributed by atoms with E-state index >= 15 is 0 Å². The first kappa shape index (κ1) is 14.5. The number of rotatable bonds is 4. The molecular weight excluding hydrogens is 302 g/mol. The highest BCUT2D eigenvalue weighted by Crippen LogP contribution is 2.23. The molecule has 22 heavy (non-hydrogen) atoms. The van der Waals surface area contributed by atoms with Crippen LogP contribution in [0.25, 0.3) is 5.78 Å². The third-order valence-electron chi connectivity index (χ3n) is 3.18. The molecule has 0 atom stereocenters. The van der Waals surface area contributed by atoms with Crippen molar-refractivity contribution in [1.82, 2.24) is 19.6 Å².